The van der Waals surface area contributed by atoms with Crippen LogP contribution in [0.5, 0.6) is 0 Å². The second-order valence-electron chi connectivity index (χ2n) is 16.4. The van der Waals surface area contributed by atoms with Gasteiger partial charge in [-0.1, -0.05) is 193 Å². The zero-order valence-electron chi connectivity index (χ0n) is 32.7. The summed E-state index contributed by atoms with van der Waals surface area (Å²) in [6, 6.07) is 28.5. The first kappa shape index (κ1) is 42.1. The first-order valence-corrected chi connectivity index (χ1v) is 17.9. The average Bonchev–Trinajstić information content (AvgIpc) is 3.48. The molecule has 4 aromatic carbocycles. The molecule has 0 aliphatic carbocycles. The molecule has 5 aromatic rings. The third kappa shape index (κ3) is 11.1. The van der Waals surface area contributed by atoms with E-state index >= 15 is 0 Å². The second-order valence-corrected chi connectivity index (χ2v) is 16.4. The van der Waals surface area contributed by atoms with E-state index in [0.717, 1.165) is 11.3 Å². The van der Waals surface area contributed by atoms with Crippen LogP contribution in [-0.4, -0.2) is 33.9 Å². The zero-order chi connectivity index (χ0) is 37.0. The molecule has 1 aromatic heterocycles. The van der Waals surface area contributed by atoms with Crippen molar-refractivity contribution in [3.8, 4) is 11.3 Å². The van der Waals surface area contributed by atoms with E-state index in [9.17, 15) is 10.2 Å². The Bertz CT molecular complexity index is 1770. The van der Waals surface area contributed by atoms with E-state index in [0.29, 0.717) is 6.54 Å². The smallest absolute Gasteiger partial charge is 0.852 e. The van der Waals surface area contributed by atoms with Crippen LogP contribution in [0.4, 0.5) is 0 Å². The Hall–Kier alpha value is -3.31. The fraction of sp³-hybridized carbons (Fsp3) is 0.409. The van der Waals surface area contributed by atoms with Crippen LogP contribution >= 0.6 is 0 Å². The van der Waals surface area contributed by atoms with Gasteiger partial charge >= 0.3 is 21.1 Å². The monoisotopic (exact) mass is 864 g/mol. The fourth-order valence-corrected chi connectivity index (χ4v) is 6.83. The summed E-state index contributed by atoms with van der Waals surface area (Å²) in [4.78, 5) is 0. The summed E-state index contributed by atoms with van der Waals surface area (Å²) in [7, 11) is 0. The van der Waals surface area contributed by atoms with Crippen LogP contribution in [0.3, 0.4) is 0 Å². The van der Waals surface area contributed by atoms with Gasteiger partial charge in [-0.2, -0.15) is 0 Å². The van der Waals surface area contributed by atoms with Crippen LogP contribution in [0.2, 0.25) is 0 Å². The largest absolute Gasteiger partial charge is 2.00 e. The molecule has 272 valence electrons. The van der Waals surface area contributed by atoms with Gasteiger partial charge in [0.25, 0.3) is 0 Å². The van der Waals surface area contributed by atoms with E-state index in [1.807, 2.05) is 58.5 Å². The average molecular weight is 865 g/mol. The molecular formula is C44H56BN3O2Pt. The number of benzene rings is 4. The molecule has 51 heavy (non-hydrogen) atoms. The van der Waals surface area contributed by atoms with Crippen molar-refractivity contribution in [1.82, 2.24) is 15.0 Å². The quantitative estimate of drug-likeness (QED) is 0.172. The molecule has 0 aliphatic heterocycles. The van der Waals surface area contributed by atoms with Gasteiger partial charge in [0, 0.05) is 5.56 Å². The Balaban J connectivity index is 0.000000430. The predicted molar refractivity (Wildman–Crippen MR) is 208 cm³/mol. The third-order valence-electron chi connectivity index (χ3n) is 9.66. The molecule has 7 heteroatoms. The van der Waals surface area contributed by atoms with Gasteiger partial charge < -0.3 is 10.2 Å². The molecule has 5 nitrogen and oxygen atoms in total. The molecule has 0 N–H and O–H groups in total. The van der Waals surface area contributed by atoms with Crippen molar-refractivity contribution < 1.29 is 31.3 Å². The summed E-state index contributed by atoms with van der Waals surface area (Å²) in [6.45, 7) is 25.5. The molecule has 0 spiro atoms. The second kappa shape index (κ2) is 17.5. The van der Waals surface area contributed by atoms with Gasteiger partial charge in [0.2, 0.25) is 6.71 Å². The first-order valence-electron chi connectivity index (χ1n) is 17.9. The van der Waals surface area contributed by atoms with Crippen molar-refractivity contribution in [2.45, 2.75) is 108 Å². The van der Waals surface area contributed by atoms with Gasteiger partial charge in [0.15, 0.2) is 0 Å². The van der Waals surface area contributed by atoms with E-state index < -0.39 is 12.2 Å². The molecule has 0 amide bonds. The molecule has 2 atom stereocenters. The van der Waals surface area contributed by atoms with Gasteiger partial charge in [-0.05, 0) is 47.1 Å². The third-order valence-corrected chi connectivity index (χ3v) is 9.66. The maximum absolute atomic E-state index is 11.6. The van der Waals surface area contributed by atoms with E-state index in [-0.39, 0.29) is 45.0 Å². The molecule has 0 fully saturated rings. The van der Waals surface area contributed by atoms with Crippen molar-refractivity contribution >= 4 is 23.1 Å². The van der Waals surface area contributed by atoms with Crippen LogP contribution < -0.4 is 26.6 Å². The Morgan fingerprint density at radius 1 is 0.647 bits per heavy atom. The zero-order valence-corrected chi connectivity index (χ0v) is 35.0. The van der Waals surface area contributed by atoms with Crippen LogP contribution in [0, 0.1) is 52.4 Å². The maximum atomic E-state index is 11.6. The standard InChI is InChI=1S/C33H34BN3.C11H22O2.Pt/c1-22-15-24(3)32(25(4)16-22)34(33-26(5)17-23(2)18-27(33)6)30-14-10-13-29(19-30)31-21-37(36-35-31)20-28-11-8-7-9-12-28;1-10(2,3)8(12)7-9(13)11(4,5)6;/h7-19,21H,20H2,1-6H3;8-9H,7H2,1-6H3;/q;-2;+2. The van der Waals surface area contributed by atoms with Crippen molar-refractivity contribution in [3.63, 3.8) is 0 Å². The SMILES string of the molecule is CC(C)(C)C([O-])CC([O-])C(C)(C)C.Cc1cc(C)c(B(c2cccc(-c3cn(Cc4ccccc4)nn3)c2)c2c(C)cc(C)cc2C)c(C)c1.[Pt+2]. The molecule has 0 radical (unpaired) electrons. The van der Waals surface area contributed by atoms with Crippen molar-refractivity contribution in [3.05, 3.63) is 124 Å². The molecule has 1 heterocycles. The Morgan fingerprint density at radius 3 is 1.57 bits per heavy atom. The normalized spacial score (nSPS) is 12.7. The van der Waals surface area contributed by atoms with Gasteiger partial charge in [0.05, 0.1) is 12.7 Å². The summed E-state index contributed by atoms with van der Waals surface area (Å²) in [5, 5.41) is 32.2. The minimum atomic E-state index is -0.755. The first-order chi connectivity index (χ1) is 23.3. The molecule has 0 bridgehead atoms. The topological polar surface area (TPSA) is 76.8 Å². The van der Waals surface area contributed by atoms with Crippen molar-refractivity contribution in [1.29, 1.82) is 0 Å². The Kier molecular flexibility index (Phi) is 14.4. The number of rotatable bonds is 8. The molecular weight excluding hydrogens is 808 g/mol. The Morgan fingerprint density at radius 2 is 1.12 bits per heavy atom. The number of nitrogens with zero attached hydrogens (tertiary/aromatic N) is 3. The van der Waals surface area contributed by atoms with Gasteiger partial charge in [-0.25, -0.2) is 4.68 Å². The van der Waals surface area contributed by atoms with E-state index in [1.54, 1.807) is 0 Å². The van der Waals surface area contributed by atoms with Crippen LogP contribution in [0.1, 0.15) is 86.9 Å². The van der Waals surface area contributed by atoms with E-state index in [1.165, 1.54) is 55.3 Å². The molecule has 2 unspecified atom stereocenters. The molecule has 0 saturated carbocycles. The van der Waals surface area contributed by atoms with Crippen LogP contribution in [-0.2, 0) is 27.6 Å². The van der Waals surface area contributed by atoms with Gasteiger partial charge in [-0.3, -0.25) is 0 Å². The minimum Gasteiger partial charge on any atom is -0.852 e. The van der Waals surface area contributed by atoms with Crippen molar-refractivity contribution in [2.24, 2.45) is 10.8 Å². The number of aryl methyl sites for hydroxylation is 6. The van der Waals surface area contributed by atoms with Crippen LogP contribution in [0.25, 0.3) is 11.3 Å². The maximum Gasteiger partial charge on any atom is 2.00 e. The number of aromatic nitrogens is 3. The fourth-order valence-electron chi connectivity index (χ4n) is 6.83. The van der Waals surface area contributed by atoms with Gasteiger partial charge in [-0.15, -0.1) is 17.3 Å². The summed E-state index contributed by atoms with van der Waals surface area (Å²) < 4.78 is 1.91. The summed E-state index contributed by atoms with van der Waals surface area (Å²) in [5.41, 5.74) is 14.6. The molecule has 5 rings (SSSR count). The van der Waals surface area contributed by atoms with Crippen molar-refractivity contribution in [2.75, 3.05) is 0 Å². The van der Waals surface area contributed by atoms with Gasteiger partial charge in [0.1, 0.15) is 5.69 Å². The molecule has 0 saturated heterocycles. The van der Waals surface area contributed by atoms with Crippen LogP contribution in [0.15, 0.2) is 85.1 Å². The summed E-state index contributed by atoms with van der Waals surface area (Å²) in [6.07, 6.45) is 0.766. The van der Waals surface area contributed by atoms with E-state index in [2.05, 4.69) is 125 Å². The predicted octanol–water partition coefficient (Wildman–Crippen LogP) is 6.28. The minimum absolute atomic E-state index is 0. The van der Waals surface area contributed by atoms with E-state index in [4.69, 9.17) is 0 Å². The Labute approximate surface area is 322 Å². The number of hydrogen-bond acceptors (Lipinski definition) is 4. The number of hydrogen-bond donors (Lipinski definition) is 0. The summed E-state index contributed by atoms with van der Waals surface area (Å²) in [5.74, 6) is 0. The molecule has 0 aliphatic rings. The summed E-state index contributed by atoms with van der Waals surface area (Å²) >= 11 is 0.